The van der Waals surface area contributed by atoms with Gasteiger partial charge in [0.2, 0.25) is 10.0 Å². The second-order valence-electron chi connectivity index (χ2n) is 15.9. The Balaban J connectivity index is 1.25. The number of nitro benzene ring substituents is 1. The van der Waals surface area contributed by atoms with Crippen molar-refractivity contribution >= 4 is 44.4 Å². The van der Waals surface area contributed by atoms with Crippen LogP contribution < -0.4 is 4.74 Å². The normalized spacial score (nSPS) is 15.0. The van der Waals surface area contributed by atoms with Gasteiger partial charge in [-0.1, -0.05) is 37.5 Å². The van der Waals surface area contributed by atoms with Crippen molar-refractivity contribution in [1.29, 1.82) is 0 Å². The molecule has 12 nitrogen and oxygen atoms in total. The van der Waals surface area contributed by atoms with Crippen LogP contribution in [-0.2, 0) is 26.1 Å². The number of sulfonamides is 1. The lowest BCUT2D eigenvalue weighted by molar-refractivity contribution is -0.387. The Labute approximate surface area is 329 Å². The van der Waals surface area contributed by atoms with Crippen LogP contribution in [0.15, 0.2) is 71.1 Å². The summed E-state index contributed by atoms with van der Waals surface area (Å²) in [6, 6.07) is 17.2. The maximum Gasteiger partial charge on any atom is 0.338 e. The minimum absolute atomic E-state index is 0.000432. The highest BCUT2D eigenvalue weighted by Gasteiger charge is 2.32. The van der Waals surface area contributed by atoms with Crippen molar-refractivity contribution < 1.29 is 32.4 Å². The highest BCUT2D eigenvalue weighted by atomic mass is 32.2. The maximum absolute atomic E-state index is 14.2. The van der Waals surface area contributed by atoms with Crippen molar-refractivity contribution in [1.82, 2.24) is 13.8 Å². The van der Waals surface area contributed by atoms with Gasteiger partial charge in [-0.25, -0.2) is 13.2 Å². The number of carbonyl (C=O) groups excluding carboxylic acids is 2. The van der Waals surface area contributed by atoms with E-state index in [4.69, 9.17) is 9.47 Å². The van der Waals surface area contributed by atoms with Gasteiger partial charge in [0.25, 0.3) is 5.69 Å². The molecule has 3 aromatic carbocycles. The van der Waals surface area contributed by atoms with E-state index in [9.17, 15) is 28.1 Å². The number of likely N-dealkylation sites (N-methyl/N-ethyl adjacent to an activating group) is 2. The van der Waals surface area contributed by atoms with Gasteiger partial charge in [0.15, 0.2) is 10.7 Å². The Morgan fingerprint density at radius 1 is 0.964 bits per heavy atom. The number of methoxy groups -OCH3 is 1. The fourth-order valence-corrected chi connectivity index (χ4v) is 9.20. The van der Waals surface area contributed by atoms with Crippen LogP contribution in [0.25, 0.3) is 28.2 Å². The van der Waals surface area contributed by atoms with E-state index in [0.717, 1.165) is 57.7 Å². The van der Waals surface area contributed by atoms with Gasteiger partial charge >= 0.3 is 5.97 Å². The summed E-state index contributed by atoms with van der Waals surface area (Å²) in [7, 11) is 0.809. The van der Waals surface area contributed by atoms with Crippen LogP contribution in [0.5, 0.6) is 5.75 Å². The third-order valence-electron chi connectivity index (χ3n) is 10.8. The molecular weight excluding hydrogens is 733 g/mol. The number of allylic oxidation sites excluding steroid dienone is 1. The van der Waals surface area contributed by atoms with Crippen LogP contribution in [0, 0.1) is 10.1 Å². The standard InChI is InChI=1S/C43H52N4O8S/c1-43(2,3)55-42(49)30-18-20-35-37(27-30)46-28-32(25-31-26-33(54-6)19-21-34(31)41(46)40(35)29-13-8-7-9-14-29)38(48)16-12-22-44(4)23-24-45(5)56(52,53)39-17-11-10-15-36(39)47(50)51/h10-11,15,17-21,25-27,29H,7-9,12-14,16,22-24,28H2,1-6H3. The molecule has 0 N–H and O–H groups in total. The molecule has 1 fully saturated rings. The fourth-order valence-electron chi connectivity index (χ4n) is 7.88. The smallest absolute Gasteiger partial charge is 0.338 e. The van der Waals surface area contributed by atoms with E-state index in [2.05, 4.69) is 10.6 Å². The molecule has 0 radical (unpaired) electrons. The number of ether oxygens (including phenoxy) is 2. The molecule has 0 bridgehead atoms. The summed E-state index contributed by atoms with van der Waals surface area (Å²) < 4.78 is 41.1. The number of para-hydroxylation sites is 1. The zero-order chi connectivity index (χ0) is 40.4. The summed E-state index contributed by atoms with van der Waals surface area (Å²) in [5.41, 5.74) is 5.14. The van der Waals surface area contributed by atoms with Gasteiger partial charge in [-0.05, 0) is 113 Å². The van der Waals surface area contributed by atoms with Gasteiger partial charge in [0, 0.05) is 54.7 Å². The largest absolute Gasteiger partial charge is 0.497 e. The van der Waals surface area contributed by atoms with Crippen molar-refractivity contribution in [2.45, 2.75) is 88.7 Å². The van der Waals surface area contributed by atoms with Crippen LogP contribution in [0.2, 0.25) is 0 Å². The predicted molar refractivity (Wildman–Crippen MR) is 218 cm³/mol. The summed E-state index contributed by atoms with van der Waals surface area (Å²) in [5.74, 6) is 0.641. The average molecular weight is 785 g/mol. The number of fused-ring (bicyclic) bond motifs is 5. The molecule has 2 aliphatic rings. The van der Waals surface area contributed by atoms with Crippen molar-refractivity contribution in [3.8, 4) is 17.0 Å². The molecule has 0 amide bonds. The number of Topliss-reactive ketones (excluding diaryl/α,β-unsaturated/α-hetero) is 1. The number of ketones is 1. The maximum atomic E-state index is 14.2. The molecule has 0 spiro atoms. The summed E-state index contributed by atoms with van der Waals surface area (Å²) in [5, 5.41) is 12.6. The molecule has 0 atom stereocenters. The average Bonchev–Trinajstić information content (AvgIpc) is 3.38. The Kier molecular flexibility index (Phi) is 12.2. The first-order valence-electron chi connectivity index (χ1n) is 19.3. The summed E-state index contributed by atoms with van der Waals surface area (Å²) in [4.78, 5) is 39.9. The lowest BCUT2D eigenvalue weighted by Gasteiger charge is -2.24. The number of nitro groups is 1. The number of esters is 1. The fraction of sp³-hybridized carbons (Fsp3) is 0.442. The van der Waals surface area contributed by atoms with Gasteiger partial charge in [-0.15, -0.1) is 0 Å². The molecule has 56 heavy (non-hydrogen) atoms. The molecule has 1 aromatic heterocycles. The third-order valence-corrected chi connectivity index (χ3v) is 12.7. The first kappa shape index (κ1) is 40.8. The van der Waals surface area contributed by atoms with Crippen LogP contribution in [-0.4, -0.2) is 85.3 Å². The molecule has 13 heteroatoms. The molecule has 0 unspecified atom stereocenters. The number of aromatic nitrogens is 1. The van der Waals surface area contributed by atoms with Gasteiger partial charge in [-0.3, -0.25) is 14.9 Å². The Morgan fingerprint density at radius 3 is 2.39 bits per heavy atom. The SMILES string of the molecule is COc1ccc2c(c1)C=C(C(=O)CCCN(C)CCN(C)S(=O)(=O)c1ccccc1[N+](=O)[O-])Cn1c-2c(C2CCCCC2)c2ccc(C(=O)OC(C)(C)C)cc21. The Morgan fingerprint density at radius 2 is 1.70 bits per heavy atom. The summed E-state index contributed by atoms with van der Waals surface area (Å²) in [6.45, 7) is 6.89. The Hall–Kier alpha value is -4.85. The van der Waals surface area contributed by atoms with E-state index >= 15 is 0 Å². The molecule has 1 aliphatic heterocycles. The van der Waals surface area contributed by atoms with Gasteiger partial charge < -0.3 is 18.9 Å². The summed E-state index contributed by atoms with van der Waals surface area (Å²) >= 11 is 0. The van der Waals surface area contributed by atoms with Crippen molar-refractivity contribution in [3.05, 3.63) is 93.0 Å². The minimum atomic E-state index is -4.09. The van der Waals surface area contributed by atoms with Crippen LogP contribution in [0.3, 0.4) is 0 Å². The Bertz CT molecular complexity index is 2280. The molecule has 1 aliphatic carbocycles. The zero-order valence-electron chi connectivity index (χ0n) is 33.2. The van der Waals surface area contributed by atoms with Crippen molar-refractivity contribution in [2.24, 2.45) is 0 Å². The number of hydrogen-bond acceptors (Lipinski definition) is 9. The number of rotatable bonds is 14. The van der Waals surface area contributed by atoms with E-state index in [1.54, 1.807) is 7.11 Å². The molecule has 298 valence electrons. The summed E-state index contributed by atoms with van der Waals surface area (Å²) in [6.07, 6.45) is 8.46. The monoisotopic (exact) mass is 784 g/mol. The zero-order valence-corrected chi connectivity index (χ0v) is 34.0. The molecule has 1 saturated carbocycles. The van der Waals surface area contributed by atoms with Crippen molar-refractivity contribution in [2.75, 3.05) is 40.8 Å². The van der Waals surface area contributed by atoms with E-state index < -0.39 is 32.2 Å². The first-order valence-corrected chi connectivity index (χ1v) is 20.7. The lowest BCUT2D eigenvalue weighted by Crippen LogP contribution is -2.35. The number of hydrogen-bond donors (Lipinski definition) is 0. The third kappa shape index (κ3) is 8.75. The topological polar surface area (TPSA) is 141 Å². The molecular formula is C43H52N4O8S. The number of benzene rings is 3. The molecule has 0 saturated heterocycles. The van der Waals surface area contributed by atoms with Crippen LogP contribution in [0.4, 0.5) is 5.69 Å². The van der Waals surface area contributed by atoms with E-state index in [1.165, 1.54) is 43.3 Å². The van der Waals surface area contributed by atoms with E-state index in [1.807, 2.05) is 69.1 Å². The number of carbonyl (C=O) groups is 2. The highest BCUT2D eigenvalue weighted by molar-refractivity contribution is 7.89. The van der Waals surface area contributed by atoms with Crippen molar-refractivity contribution in [3.63, 3.8) is 0 Å². The number of nitrogens with zero attached hydrogens (tertiary/aromatic N) is 4. The van der Waals surface area contributed by atoms with Gasteiger partial charge in [-0.2, -0.15) is 4.31 Å². The van der Waals surface area contributed by atoms with Crippen LogP contribution in [0.1, 0.15) is 93.1 Å². The van der Waals surface area contributed by atoms with E-state index in [0.29, 0.717) is 48.9 Å². The van der Waals surface area contributed by atoms with Gasteiger partial charge in [0.05, 0.1) is 29.8 Å². The minimum Gasteiger partial charge on any atom is -0.497 e. The predicted octanol–water partition coefficient (Wildman–Crippen LogP) is 8.23. The van der Waals surface area contributed by atoms with Crippen LogP contribution >= 0.6 is 0 Å². The molecule has 4 aromatic rings. The van der Waals surface area contributed by atoms with Gasteiger partial charge in [0.1, 0.15) is 11.4 Å². The second-order valence-corrected chi connectivity index (χ2v) is 17.9. The molecule has 2 heterocycles. The van der Waals surface area contributed by atoms with E-state index in [-0.39, 0.29) is 23.6 Å². The highest BCUT2D eigenvalue weighted by Crippen LogP contribution is 2.47. The second kappa shape index (κ2) is 16.7. The quantitative estimate of drug-likeness (QED) is 0.0703. The lowest BCUT2D eigenvalue weighted by atomic mass is 9.81. The first-order chi connectivity index (χ1) is 26.6. The molecule has 6 rings (SSSR count).